The number of unbranched alkanes of at least 4 members (excludes halogenated alkanes) is 3. The number of carbonyl (C=O) groups excluding carboxylic acids is 1. The fraction of sp³-hybridized carbons (Fsp3) is 0.667. The van der Waals surface area contributed by atoms with Gasteiger partial charge in [-0.25, -0.2) is 24.1 Å². The number of rotatable bonds is 15. The summed E-state index contributed by atoms with van der Waals surface area (Å²) in [4.78, 5) is 51.3. The summed E-state index contributed by atoms with van der Waals surface area (Å²) in [6, 6.07) is 0. The third-order valence-corrected chi connectivity index (χ3v) is 7.60. The number of amides is 1. The lowest BCUT2D eigenvalue weighted by Gasteiger charge is -2.17. The lowest BCUT2D eigenvalue weighted by molar-refractivity contribution is -0.119. The molecule has 2 aromatic heterocycles. The molecule has 1 fully saturated rings. The van der Waals surface area contributed by atoms with Crippen molar-refractivity contribution in [3.05, 3.63) is 12.7 Å². The number of hydrogen-bond donors (Lipinski definition) is 8. The zero-order valence-corrected chi connectivity index (χ0v) is 21.9. The minimum Gasteiger partial charge on any atom is -0.387 e. The second-order valence-electron chi connectivity index (χ2n) is 8.34. The van der Waals surface area contributed by atoms with E-state index < -0.39 is 46.8 Å². The second-order valence-corrected chi connectivity index (χ2v) is 11.2. The highest BCUT2D eigenvalue weighted by Crippen LogP contribution is 2.57. The van der Waals surface area contributed by atoms with E-state index in [-0.39, 0.29) is 29.4 Å². The van der Waals surface area contributed by atoms with Crippen LogP contribution in [0.5, 0.6) is 0 Å². The Morgan fingerprint density at radius 3 is 2.55 bits per heavy atom. The molecule has 5 atom stereocenters. The molecule has 1 unspecified atom stereocenters. The highest BCUT2D eigenvalue weighted by Gasteiger charge is 2.46. The summed E-state index contributed by atoms with van der Waals surface area (Å²) < 4.78 is 37.4. The molecule has 0 spiro atoms. The van der Waals surface area contributed by atoms with Gasteiger partial charge in [0, 0.05) is 6.54 Å². The third-order valence-electron chi connectivity index (χ3n) is 5.45. The first-order valence-electron chi connectivity index (χ1n) is 11.6. The van der Waals surface area contributed by atoms with Gasteiger partial charge >= 0.3 is 15.6 Å². The Balaban J connectivity index is 1.60. The highest BCUT2D eigenvalue weighted by molar-refractivity contribution is 7.60. The number of carbonyl (C=O) groups is 1. The van der Waals surface area contributed by atoms with Gasteiger partial charge in [0.1, 0.15) is 24.6 Å². The number of aliphatic hydroxyl groups excluding tert-OH is 2. The monoisotopic (exact) mass is 583 g/mol. The van der Waals surface area contributed by atoms with E-state index in [9.17, 15) is 29.0 Å². The van der Waals surface area contributed by atoms with Crippen molar-refractivity contribution in [3.63, 3.8) is 0 Å². The average molecular weight is 583 g/mol. The molecule has 1 aliphatic heterocycles. The van der Waals surface area contributed by atoms with Gasteiger partial charge in [-0.3, -0.25) is 13.9 Å². The Hall–Kier alpha value is -2.08. The predicted molar refractivity (Wildman–Crippen MR) is 129 cm³/mol. The second kappa shape index (κ2) is 13.3. The zero-order chi connectivity index (χ0) is 27.9. The van der Waals surface area contributed by atoms with Crippen LogP contribution < -0.4 is 16.4 Å². The first-order valence-corrected chi connectivity index (χ1v) is 14.6. The van der Waals surface area contributed by atoms with Crippen LogP contribution in [-0.2, 0) is 27.5 Å². The number of nitrogens with two attached hydrogens (primary N) is 1. The SMILES string of the molecule is NCCCCCCNC(=O)CNc1ncnc2c1ncn2[C@@H]1O[C@H](COP(=O)(O)OP(=O)(O)O)[C@@H](O)[C@H]1O. The molecule has 0 aromatic carbocycles. The van der Waals surface area contributed by atoms with Crippen LogP contribution in [0.25, 0.3) is 11.2 Å². The van der Waals surface area contributed by atoms with Crippen molar-refractivity contribution in [1.82, 2.24) is 24.8 Å². The Kier molecular flexibility index (Phi) is 10.7. The molecule has 0 saturated carbocycles. The molecule has 0 bridgehead atoms. The Morgan fingerprint density at radius 1 is 1.11 bits per heavy atom. The van der Waals surface area contributed by atoms with E-state index in [1.165, 1.54) is 17.2 Å². The van der Waals surface area contributed by atoms with E-state index in [1.54, 1.807) is 0 Å². The number of nitrogens with zero attached hydrogens (tertiary/aromatic N) is 4. The molecule has 3 heterocycles. The van der Waals surface area contributed by atoms with Crippen molar-refractivity contribution in [2.45, 2.75) is 50.2 Å². The van der Waals surface area contributed by atoms with Crippen molar-refractivity contribution in [2.24, 2.45) is 5.73 Å². The molecular weight excluding hydrogens is 552 g/mol. The summed E-state index contributed by atoms with van der Waals surface area (Å²) in [5.74, 6) is -0.0185. The van der Waals surface area contributed by atoms with Crippen LogP contribution in [-0.4, -0.2) is 94.9 Å². The minimum atomic E-state index is -5.34. The van der Waals surface area contributed by atoms with Crippen molar-refractivity contribution < 1.29 is 52.4 Å². The zero-order valence-electron chi connectivity index (χ0n) is 20.1. The van der Waals surface area contributed by atoms with Gasteiger partial charge in [-0.05, 0) is 19.4 Å². The third kappa shape index (κ3) is 8.46. The number of nitrogens with one attached hydrogen (secondary N) is 2. The molecule has 1 aliphatic rings. The lowest BCUT2D eigenvalue weighted by Crippen LogP contribution is -2.33. The maximum Gasteiger partial charge on any atom is 0.481 e. The quantitative estimate of drug-likeness (QED) is 0.0895. The molecule has 0 radical (unpaired) electrons. The minimum absolute atomic E-state index is 0.0830. The van der Waals surface area contributed by atoms with Crippen LogP contribution in [0, 0.1) is 0 Å². The number of anilines is 1. The summed E-state index contributed by atoms with van der Waals surface area (Å²) in [6.07, 6.45) is 0.358. The molecule has 20 heteroatoms. The lowest BCUT2D eigenvalue weighted by atomic mass is 10.1. The van der Waals surface area contributed by atoms with Gasteiger partial charge in [0.25, 0.3) is 0 Å². The van der Waals surface area contributed by atoms with Crippen LogP contribution in [0.1, 0.15) is 31.9 Å². The van der Waals surface area contributed by atoms with Crippen LogP contribution in [0.3, 0.4) is 0 Å². The summed E-state index contributed by atoms with van der Waals surface area (Å²) in [7, 11) is -10.5. The van der Waals surface area contributed by atoms with E-state index in [0.29, 0.717) is 13.1 Å². The molecule has 214 valence electrons. The standard InChI is InChI=1S/C18H31N7O11P2/c19-5-3-1-2-4-6-20-12(26)7-21-16-13-17(23-9-22-16)25(10-24-13)18-15(28)14(27)11(35-18)8-34-38(32,33)36-37(29,30)31/h9-11,14-15,18,27-28H,1-8,19H2,(H,20,26)(H,32,33)(H,21,22,23)(H2,29,30,31)/t11-,14-,15-,18-/m1/s1. The van der Waals surface area contributed by atoms with E-state index in [2.05, 4.69) is 34.4 Å². The van der Waals surface area contributed by atoms with E-state index in [0.717, 1.165) is 25.7 Å². The van der Waals surface area contributed by atoms with Crippen LogP contribution in [0.2, 0.25) is 0 Å². The van der Waals surface area contributed by atoms with Crippen molar-refractivity contribution in [3.8, 4) is 0 Å². The Bertz CT molecular complexity index is 1180. The molecule has 18 nitrogen and oxygen atoms in total. The molecule has 2 aromatic rings. The maximum atomic E-state index is 12.1. The van der Waals surface area contributed by atoms with Gasteiger partial charge in [0.05, 0.1) is 19.5 Å². The predicted octanol–water partition coefficient (Wildman–Crippen LogP) is -1.28. The highest BCUT2D eigenvalue weighted by atomic mass is 31.3. The fourth-order valence-electron chi connectivity index (χ4n) is 3.67. The topological polar surface area (TPSA) is 274 Å². The summed E-state index contributed by atoms with van der Waals surface area (Å²) >= 11 is 0. The van der Waals surface area contributed by atoms with Crippen molar-refractivity contribution in [2.75, 3.05) is 31.6 Å². The number of ether oxygens (including phenoxy) is 1. The number of imidazole rings is 1. The van der Waals surface area contributed by atoms with Crippen molar-refractivity contribution >= 4 is 38.5 Å². The first-order chi connectivity index (χ1) is 17.9. The molecule has 1 amide bonds. The Morgan fingerprint density at radius 2 is 1.84 bits per heavy atom. The number of aromatic nitrogens is 4. The molecule has 1 saturated heterocycles. The molecule has 0 aliphatic carbocycles. The molecule has 3 rings (SSSR count). The van der Waals surface area contributed by atoms with Crippen LogP contribution in [0.15, 0.2) is 12.7 Å². The van der Waals surface area contributed by atoms with E-state index >= 15 is 0 Å². The number of phosphoric ester groups is 1. The van der Waals surface area contributed by atoms with Crippen LogP contribution in [0.4, 0.5) is 5.82 Å². The summed E-state index contributed by atoms with van der Waals surface area (Å²) in [5.41, 5.74) is 5.87. The largest absolute Gasteiger partial charge is 0.481 e. The summed E-state index contributed by atoms with van der Waals surface area (Å²) in [6.45, 7) is 0.241. The number of aliphatic hydroxyl groups is 2. The Labute approximate surface area is 216 Å². The van der Waals surface area contributed by atoms with Crippen LogP contribution >= 0.6 is 15.6 Å². The van der Waals surface area contributed by atoms with Gasteiger partial charge < -0.3 is 46.0 Å². The van der Waals surface area contributed by atoms with Gasteiger partial charge in [-0.15, -0.1) is 0 Å². The van der Waals surface area contributed by atoms with Gasteiger partial charge in [-0.2, -0.15) is 4.31 Å². The van der Waals surface area contributed by atoms with Gasteiger partial charge in [0.15, 0.2) is 23.2 Å². The smallest absolute Gasteiger partial charge is 0.387 e. The van der Waals surface area contributed by atoms with E-state index in [1.807, 2.05) is 0 Å². The molecule has 9 N–H and O–H groups in total. The average Bonchev–Trinajstić information content (AvgIpc) is 3.38. The molecule has 38 heavy (non-hydrogen) atoms. The van der Waals surface area contributed by atoms with Crippen molar-refractivity contribution in [1.29, 1.82) is 0 Å². The van der Waals surface area contributed by atoms with Gasteiger partial charge in [0.2, 0.25) is 5.91 Å². The maximum absolute atomic E-state index is 12.1. The number of fused-ring (bicyclic) bond motifs is 1. The normalized spacial score (nSPS) is 23.4. The first kappa shape index (κ1) is 30.5. The fourth-order valence-corrected chi connectivity index (χ4v) is 5.27. The number of phosphoric acid groups is 2. The molecular formula is C18H31N7O11P2. The number of hydrogen-bond acceptors (Lipinski definition) is 13. The van der Waals surface area contributed by atoms with E-state index in [4.69, 9.17) is 20.3 Å². The van der Waals surface area contributed by atoms with Gasteiger partial charge in [-0.1, -0.05) is 12.8 Å². The summed E-state index contributed by atoms with van der Waals surface area (Å²) in [5, 5.41) is 26.5.